The second kappa shape index (κ2) is 7.48. The van der Waals surface area contributed by atoms with E-state index in [4.69, 9.17) is 10.5 Å². The Morgan fingerprint density at radius 3 is 2.72 bits per heavy atom. The van der Waals surface area contributed by atoms with E-state index in [0.29, 0.717) is 44.0 Å². The van der Waals surface area contributed by atoms with Crippen LogP contribution in [0, 0.1) is 11.2 Å². The number of nitrogens with zero attached hydrogens (tertiary/aromatic N) is 1. The normalized spacial score (nSPS) is 23.8. The van der Waals surface area contributed by atoms with Gasteiger partial charge in [0.05, 0.1) is 30.4 Å². The molecule has 6 nitrogen and oxygen atoms in total. The highest BCUT2D eigenvalue weighted by Crippen LogP contribution is 2.46. The van der Waals surface area contributed by atoms with Crippen molar-refractivity contribution in [2.24, 2.45) is 11.1 Å². The number of morpholine rings is 1. The minimum Gasteiger partial charge on any atom is -0.378 e. The molecule has 1 amide bonds. The van der Waals surface area contributed by atoms with Gasteiger partial charge in [-0.15, -0.1) is 0 Å². The molecule has 0 saturated carbocycles. The molecule has 7 heteroatoms. The van der Waals surface area contributed by atoms with Crippen LogP contribution in [0.25, 0.3) is 0 Å². The zero-order chi connectivity index (χ0) is 20.6. The molecule has 4 rings (SSSR count). The maximum absolute atomic E-state index is 14.6. The molecule has 151 valence electrons. The number of halogens is 1. The summed E-state index contributed by atoms with van der Waals surface area (Å²) in [6.45, 7) is 4.12. The van der Waals surface area contributed by atoms with Gasteiger partial charge in [-0.05, 0) is 54.8 Å². The van der Waals surface area contributed by atoms with E-state index in [1.54, 1.807) is 37.3 Å². The Hall–Kier alpha value is -2.93. The van der Waals surface area contributed by atoms with Gasteiger partial charge in [0.15, 0.2) is 0 Å². The Morgan fingerprint density at radius 1 is 1.28 bits per heavy atom. The standard InChI is InChI=1S/C22H23FN3O3/c1-22(21(24)28)12-16-10-14(13-27)2-5-18(16)25-20(22)15-3-4-17(23)19(11-15)26-6-8-29-9-7-26/h2-5,10-11,20,25H,6-9,12H2,1H3,(H2,24,28). The Morgan fingerprint density at radius 2 is 2.03 bits per heavy atom. The number of nitrogens with two attached hydrogens (primary N) is 1. The van der Waals surface area contributed by atoms with E-state index in [1.165, 1.54) is 6.07 Å². The van der Waals surface area contributed by atoms with E-state index >= 15 is 0 Å². The fraction of sp³-hybridized carbons (Fsp3) is 0.364. The van der Waals surface area contributed by atoms with Crippen molar-refractivity contribution in [2.75, 3.05) is 36.5 Å². The predicted octanol–water partition coefficient (Wildman–Crippen LogP) is 2.32. The molecule has 2 aromatic rings. The van der Waals surface area contributed by atoms with Crippen molar-refractivity contribution in [1.82, 2.24) is 0 Å². The number of hydrogen-bond acceptors (Lipinski definition) is 5. The first-order valence-corrected chi connectivity index (χ1v) is 9.62. The van der Waals surface area contributed by atoms with Crippen molar-refractivity contribution in [3.63, 3.8) is 0 Å². The van der Waals surface area contributed by atoms with Crippen LogP contribution in [0.15, 0.2) is 36.4 Å². The van der Waals surface area contributed by atoms with Gasteiger partial charge in [-0.25, -0.2) is 4.39 Å². The van der Waals surface area contributed by atoms with Crippen LogP contribution in [0.2, 0.25) is 0 Å². The molecule has 2 aliphatic rings. The Balaban J connectivity index is 1.75. The maximum atomic E-state index is 14.6. The van der Waals surface area contributed by atoms with Crippen LogP contribution in [0.4, 0.5) is 15.8 Å². The Kier molecular flexibility index (Phi) is 5.00. The van der Waals surface area contributed by atoms with Gasteiger partial charge in [0.2, 0.25) is 12.2 Å². The number of primary amides is 1. The first-order chi connectivity index (χ1) is 13.9. The molecule has 0 aliphatic carbocycles. The van der Waals surface area contributed by atoms with Crippen molar-refractivity contribution in [3.05, 3.63) is 58.9 Å². The van der Waals surface area contributed by atoms with Crippen molar-refractivity contribution in [1.29, 1.82) is 0 Å². The van der Waals surface area contributed by atoms with Gasteiger partial charge in [0, 0.05) is 24.3 Å². The third-order valence-corrected chi connectivity index (χ3v) is 5.94. The summed E-state index contributed by atoms with van der Waals surface area (Å²) in [5.41, 5.74) is 8.22. The van der Waals surface area contributed by atoms with Crippen LogP contribution in [0.5, 0.6) is 0 Å². The van der Waals surface area contributed by atoms with Gasteiger partial charge in [-0.3, -0.25) is 9.59 Å². The summed E-state index contributed by atoms with van der Waals surface area (Å²) in [6.07, 6.45) is 2.25. The summed E-state index contributed by atoms with van der Waals surface area (Å²) >= 11 is 0. The van der Waals surface area contributed by atoms with Gasteiger partial charge in [-0.2, -0.15) is 0 Å². The summed E-state index contributed by atoms with van der Waals surface area (Å²) in [5, 5.41) is 3.39. The van der Waals surface area contributed by atoms with Crippen molar-refractivity contribution in [3.8, 4) is 0 Å². The lowest BCUT2D eigenvalue weighted by Crippen LogP contribution is -2.47. The fourth-order valence-corrected chi connectivity index (χ4v) is 4.19. The van der Waals surface area contributed by atoms with Crippen LogP contribution >= 0.6 is 0 Å². The minimum atomic E-state index is -0.950. The van der Waals surface area contributed by atoms with Crippen LogP contribution in [0.3, 0.4) is 0 Å². The molecule has 1 radical (unpaired) electrons. The highest BCUT2D eigenvalue weighted by molar-refractivity contribution is 5.85. The SMILES string of the molecule is CC1(C(N)=O)Cc2cc([C]=O)ccc2NC1c1ccc(F)c(N2CCOCC2)c1. The molecule has 0 bridgehead atoms. The number of ether oxygens (including phenoxy) is 1. The van der Waals surface area contributed by atoms with E-state index < -0.39 is 17.4 Å². The topological polar surface area (TPSA) is 84.7 Å². The van der Waals surface area contributed by atoms with Gasteiger partial charge < -0.3 is 20.7 Å². The molecule has 2 heterocycles. The average molecular weight is 396 g/mol. The number of fused-ring (bicyclic) bond motifs is 1. The Labute approximate surface area is 168 Å². The summed E-state index contributed by atoms with van der Waals surface area (Å²) in [4.78, 5) is 25.4. The highest BCUT2D eigenvalue weighted by atomic mass is 19.1. The molecule has 0 aromatic heterocycles. The highest BCUT2D eigenvalue weighted by Gasteiger charge is 2.44. The zero-order valence-electron chi connectivity index (χ0n) is 16.2. The quantitative estimate of drug-likeness (QED) is 0.829. The molecule has 2 unspecified atom stereocenters. The number of anilines is 2. The van der Waals surface area contributed by atoms with Crippen LogP contribution < -0.4 is 16.0 Å². The second-order valence-corrected chi connectivity index (χ2v) is 7.82. The van der Waals surface area contributed by atoms with Gasteiger partial charge in [0.25, 0.3) is 0 Å². The van der Waals surface area contributed by atoms with Crippen LogP contribution in [-0.2, 0) is 20.7 Å². The largest absolute Gasteiger partial charge is 0.378 e. The summed E-state index contributed by atoms with van der Waals surface area (Å²) in [7, 11) is 0. The first kappa shape index (κ1) is 19.4. The van der Waals surface area contributed by atoms with E-state index in [9.17, 15) is 14.0 Å². The lowest BCUT2D eigenvalue weighted by atomic mass is 9.70. The number of benzene rings is 2. The minimum absolute atomic E-state index is 0.307. The van der Waals surface area contributed by atoms with Gasteiger partial charge >= 0.3 is 0 Å². The monoisotopic (exact) mass is 396 g/mol. The molecule has 29 heavy (non-hydrogen) atoms. The Bertz CT molecular complexity index is 958. The van der Waals surface area contributed by atoms with E-state index in [2.05, 4.69) is 5.32 Å². The molecule has 1 fully saturated rings. The van der Waals surface area contributed by atoms with E-state index in [1.807, 2.05) is 11.2 Å². The fourth-order valence-electron chi connectivity index (χ4n) is 4.19. The predicted molar refractivity (Wildman–Crippen MR) is 108 cm³/mol. The molecule has 2 aromatic carbocycles. The van der Waals surface area contributed by atoms with Gasteiger partial charge in [-0.1, -0.05) is 6.07 Å². The second-order valence-electron chi connectivity index (χ2n) is 7.82. The molecular weight excluding hydrogens is 373 g/mol. The molecular formula is C22H23FN3O3. The molecule has 2 atom stereocenters. The van der Waals surface area contributed by atoms with E-state index in [0.717, 1.165) is 16.8 Å². The molecule has 3 N–H and O–H groups in total. The van der Waals surface area contributed by atoms with Crippen molar-refractivity contribution in [2.45, 2.75) is 19.4 Å². The lowest BCUT2D eigenvalue weighted by molar-refractivity contribution is -0.127. The summed E-state index contributed by atoms with van der Waals surface area (Å²) in [6, 6.07) is 9.68. The number of hydrogen-bond donors (Lipinski definition) is 2. The molecule has 2 aliphatic heterocycles. The number of amides is 1. The average Bonchev–Trinajstić information content (AvgIpc) is 2.74. The van der Waals surface area contributed by atoms with Crippen molar-refractivity contribution < 1.29 is 18.7 Å². The zero-order valence-corrected chi connectivity index (χ0v) is 16.2. The summed E-state index contributed by atoms with van der Waals surface area (Å²) < 4.78 is 19.9. The summed E-state index contributed by atoms with van der Waals surface area (Å²) in [5.74, 6) is -0.766. The third-order valence-electron chi connectivity index (χ3n) is 5.94. The number of carbonyl (C=O) groups is 1. The van der Waals surface area contributed by atoms with E-state index in [-0.39, 0.29) is 5.82 Å². The van der Waals surface area contributed by atoms with Gasteiger partial charge in [0.1, 0.15) is 5.82 Å². The number of rotatable bonds is 4. The first-order valence-electron chi connectivity index (χ1n) is 9.62. The van der Waals surface area contributed by atoms with Crippen LogP contribution in [-0.4, -0.2) is 38.5 Å². The van der Waals surface area contributed by atoms with Crippen LogP contribution in [0.1, 0.15) is 29.7 Å². The lowest BCUT2D eigenvalue weighted by Gasteiger charge is -2.42. The molecule has 0 spiro atoms. The smallest absolute Gasteiger partial charge is 0.233 e. The maximum Gasteiger partial charge on any atom is 0.233 e. The third kappa shape index (κ3) is 3.46. The number of nitrogens with one attached hydrogen (secondary N) is 1. The van der Waals surface area contributed by atoms with Crippen molar-refractivity contribution >= 4 is 23.6 Å². The number of carbonyl (C=O) groups excluding carboxylic acids is 2. The molecule has 1 saturated heterocycles.